The van der Waals surface area contributed by atoms with Crippen molar-refractivity contribution in [1.29, 1.82) is 0 Å². The van der Waals surface area contributed by atoms with Gasteiger partial charge in [-0.15, -0.1) is 0 Å². The van der Waals surface area contributed by atoms with Gasteiger partial charge < -0.3 is 20.5 Å². The molecule has 31 heavy (non-hydrogen) atoms. The number of alkyl halides is 3. The highest BCUT2D eigenvalue weighted by Gasteiger charge is 2.47. The third kappa shape index (κ3) is 3.51. The van der Waals surface area contributed by atoms with E-state index in [-0.39, 0.29) is 41.3 Å². The van der Waals surface area contributed by atoms with Crippen LogP contribution in [0.4, 0.5) is 28.9 Å². The minimum absolute atomic E-state index is 0.0159. The number of nitrogens with zero attached hydrogens (tertiary/aromatic N) is 2. The summed E-state index contributed by atoms with van der Waals surface area (Å²) in [7, 11) is 0. The Hall–Kier alpha value is -2.78. The number of fused-ring (bicyclic) bond motifs is 1. The van der Waals surface area contributed by atoms with Gasteiger partial charge in [0, 0.05) is 36.8 Å². The molecular weight excluding hydrogens is 416 g/mol. The maximum Gasteiger partial charge on any atom is 0.471 e. The van der Waals surface area contributed by atoms with E-state index in [4.69, 9.17) is 5.73 Å². The Morgan fingerprint density at radius 1 is 1.29 bits per heavy atom. The first-order chi connectivity index (χ1) is 14.3. The van der Waals surface area contributed by atoms with Gasteiger partial charge in [0.2, 0.25) is 0 Å². The molecule has 0 radical (unpaired) electrons. The first-order valence-electron chi connectivity index (χ1n) is 10.1. The lowest BCUT2D eigenvalue weighted by Gasteiger charge is -2.27. The van der Waals surface area contributed by atoms with Crippen LogP contribution in [0.2, 0.25) is 0 Å². The van der Waals surface area contributed by atoms with Crippen LogP contribution >= 0.6 is 0 Å². The highest BCUT2D eigenvalue weighted by molar-refractivity contribution is 5.97. The Morgan fingerprint density at radius 3 is 2.52 bits per heavy atom. The van der Waals surface area contributed by atoms with Crippen LogP contribution < -0.4 is 21.4 Å². The highest BCUT2D eigenvalue weighted by Crippen LogP contribution is 2.43. The number of amides is 1. The second-order valence-corrected chi connectivity index (χ2v) is 9.14. The quantitative estimate of drug-likeness (QED) is 0.567. The normalized spacial score (nSPS) is 21.0. The monoisotopic (exact) mass is 440 g/mol. The van der Waals surface area contributed by atoms with Gasteiger partial charge in [-0.05, 0) is 25.3 Å². The van der Waals surface area contributed by atoms with Gasteiger partial charge in [0.15, 0.2) is 11.2 Å². The summed E-state index contributed by atoms with van der Waals surface area (Å²) in [6, 6.07) is 0.726. The van der Waals surface area contributed by atoms with Gasteiger partial charge in [-0.25, -0.2) is 4.39 Å². The molecule has 2 fully saturated rings. The standard InChI is InChI=1S/C21H24F4N4O2/c1-10-17-14(12(30)6-7-29(17)11-4-5-11)16(26)15(22)18(10)28-8-13(20(2,3)9-28)27-19(31)21(23,24)25/h6-7,11,13H,4-5,8-9,26H2,1-3H3,(H,27,31)/t13-/m1/s1. The fraction of sp³-hybridized carbons (Fsp3) is 0.524. The van der Waals surface area contributed by atoms with E-state index in [2.05, 4.69) is 0 Å². The van der Waals surface area contributed by atoms with Crippen molar-refractivity contribution in [3.63, 3.8) is 0 Å². The summed E-state index contributed by atoms with van der Waals surface area (Å²) in [5, 5.41) is 2.15. The maximum atomic E-state index is 15.4. The number of aromatic nitrogens is 1. The number of nitrogens with one attached hydrogen (secondary N) is 1. The van der Waals surface area contributed by atoms with Crippen molar-refractivity contribution in [2.45, 2.75) is 51.9 Å². The molecule has 4 rings (SSSR count). The predicted molar refractivity (Wildman–Crippen MR) is 110 cm³/mol. The zero-order chi connectivity index (χ0) is 22.9. The molecule has 1 amide bonds. The average Bonchev–Trinajstić information content (AvgIpc) is 3.45. The van der Waals surface area contributed by atoms with Crippen LogP contribution in [0.3, 0.4) is 0 Å². The van der Waals surface area contributed by atoms with Crippen LogP contribution in [0.15, 0.2) is 17.1 Å². The summed E-state index contributed by atoms with van der Waals surface area (Å²) in [6.45, 7) is 5.31. The second-order valence-electron chi connectivity index (χ2n) is 9.14. The molecule has 6 nitrogen and oxygen atoms in total. The van der Waals surface area contributed by atoms with Gasteiger partial charge in [-0.3, -0.25) is 9.59 Å². The molecule has 2 heterocycles. The summed E-state index contributed by atoms with van der Waals surface area (Å²) in [4.78, 5) is 25.6. The molecule has 3 N–H and O–H groups in total. The second kappa shape index (κ2) is 6.86. The number of nitrogen functional groups attached to an aromatic ring is 1. The van der Waals surface area contributed by atoms with Crippen LogP contribution in [0.25, 0.3) is 10.9 Å². The maximum absolute atomic E-state index is 15.4. The van der Waals surface area contributed by atoms with Crippen molar-refractivity contribution in [3.8, 4) is 0 Å². The highest BCUT2D eigenvalue weighted by atomic mass is 19.4. The molecule has 0 spiro atoms. The van der Waals surface area contributed by atoms with Crippen molar-refractivity contribution in [2.75, 3.05) is 23.7 Å². The molecular formula is C21H24F4N4O2. The molecule has 0 unspecified atom stereocenters. The minimum atomic E-state index is -5.00. The largest absolute Gasteiger partial charge is 0.471 e. The van der Waals surface area contributed by atoms with Crippen molar-refractivity contribution in [1.82, 2.24) is 9.88 Å². The van der Waals surface area contributed by atoms with E-state index < -0.39 is 29.4 Å². The Kier molecular flexibility index (Phi) is 4.75. The molecule has 1 atom stereocenters. The van der Waals surface area contributed by atoms with Crippen molar-refractivity contribution >= 4 is 28.2 Å². The fourth-order valence-electron chi connectivity index (χ4n) is 4.53. The van der Waals surface area contributed by atoms with Gasteiger partial charge in [-0.2, -0.15) is 13.2 Å². The summed E-state index contributed by atoms with van der Waals surface area (Å²) < 4.78 is 55.6. The molecule has 1 aromatic heterocycles. The van der Waals surface area contributed by atoms with Crippen LogP contribution in [0, 0.1) is 18.2 Å². The lowest BCUT2D eigenvalue weighted by molar-refractivity contribution is -0.174. The molecule has 1 aromatic carbocycles. The van der Waals surface area contributed by atoms with Gasteiger partial charge in [0.05, 0.1) is 28.3 Å². The number of aryl methyl sites for hydroxylation is 1. The van der Waals surface area contributed by atoms with Crippen molar-refractivity contribution < 1.29 is 22.4 Å². The predicted octanol–water partition coefficient (Wildman–Crippen LogP) is 3.26. The van der Waals surface area contributed by atoms with E-state index in [1.807, 2.05) is 9.88 Å². The molecule has 1 aliphatic carbocycles. The van der Waals surface area contributed by atoms with Crippen LogP contribution in [0.1, 0.15) is 38.3 Å². The Bertz CT molecular complexity index is 1140. The molecule has 1 saturated carbocycles. The van der Waals surface area contributed by atoms with E-state index >= 15 is 4.39 Å². The fourth-order valence-corrected chi connectivity index (χ4v) is 4.53. The van der Waals surface area contributed by atoms with Gasteiger partial charge in [0.1, 0.15) is 0 Å². The van der Waals surface area contributed by atoms with Crippen LogP contribution in [-0.4, -0.2) is 35.8 Å². The topological polar surface area (TPSA) is 80.4 Å². The number of hydrogen-bond acceptors (Lipinski definition) is 4. The molecule has 2 aromatic rings. The minimum Gasteiger partial charge on any atom is -0.396 e. The number of anilines is 2. The van der Waals surface area contributed by atoms with Crippen molar-refractivity contribution in [3.05, 3.63) is 33.9 Å². The molecule has 168 valence electrons. The van der Waals surface area contributed by atoms with E-state index in [0.29, 0.717) is 11.1 Å². The zero-order valence-corrected chi connectivity index (χ0v) is 17.4. The molecule has 1 saturated heterocycles. The number of nitrogens with two attached hydrogens (primary N) is 1. The Morgan fingerprint density at radius 2 is 1.94 bits per heavy atom. The number of carbonyl (C=O) groups is 1. The molecule has 1 aliphatic heterocycles. The molecule has 10 heteroatoms. The summed E-state index contributed by atoms with van der Waals surface area (Å²) in [5.74, 6) is -2.79. The summed E-state index contributed by atoms with van der Waals surface area (Å²) >= 11 is 0. The molecule has 2 aliphatic rings. The average molecular weight is 440 g/mol. The van der Waals surface area contributed by atoms with Crippen LogP contribution in [-0.2, 0) is 4.79 Å². The first-order valence-corrected chi connectivity index (χ1v) is 10.1. The lowest BCUT2D eigenvalue weighted by Crippen LogP contribution is -2.49. The third-order valence-corrected chi connectivity index (χ3v) is 6.32. The third-order valence-electron chi connectivity index (χ3n) is 6.32. The summed E-state index contributed by atoms with van der Waals surface area (Å²) in [5.41, 5.74) is 5.86. The van der Waals surface area contributed by atoms with Gasteiger partial charge in [-0.1, -0.05) is 13.8 Å². The number of pyridine rings is 1. The molecule has 0 bridgehead atoms. The Labute approximate surface area is 176 Å². The smallest absolute Gasteiger partial charge is 0.396 e. The van der Waals surface area contributed by atoms with E-state index in [0.717, 1.165) is 12.8 Å². The number of hydrogen-bond donors (Lipinski definition) is 2. The number of benzene rings is 1. The first kappa shape index (κ1) is 21.5. The SMILES string of the molecule is Cc1c(N2C[C@@H](NC(=O)C(F)(F)F)C(C)(C)C2)c(F)c(N)c2c(=O)ccn(C3CC3)c12. The zero-order valence-electron chi connectivity index (χ0n) is 17.4. The van der Waals surface area contributed by atoms with E-state index in [1.54, 1.807) is 31.9 Å². The van der Waals surface area contributed by atoms with Crippen LogP contribution in [0.5, 0.6) is 0 Å². The number of rotatable bonds is 3. The number of carbonyl (C=O) groups excluding carboxylic acids is 1. The lowest BCUT2D eigenvalue weighted by atomic mass is 9.88. The van der Waals surface area contributed by atoms with Gasteiger partial charge in [0.25, 0.3) is 0 Å². The van der Waals surface area contributed by atoms with E-state index in [1.165, 1.54) is 6.07 Å². The summed E-state index contributed by atoms with van der Waals surface area (Å²) in [6.07, 6.45) is -1.45. The van der Waals surface area contributed by atoms with E-state index in [9.17, 15) is 22.8 Å². The van der Waals surface area contributed by atoms with Gasteiger partial charge >= 0.3 is 12.1 Å². The number of halogens is 4. The Balaban J connectivity index is 1.81. The van der Waals surface area contributed by atoms with Crippen molar-refractivity contribution in [2.24, 2.45) is 5.41 Å².